The van der Waals surface area contributed by atoms with Crippen molar-refractivity contribution in [3.8, 4) is 0 Å². The Kier molecular flexibility index (Phi) is 9.29. The van der Waals surface area contributed by atoms with Gasteiger partial charge in [0.15, 0.2) is 0 Å². The second-order valence-corrected chi connectivity index (χ2v) is 9.77. The number of carbonyl (C=O) groups excluding carboxylic acids is 1. The lowest BCUT2D eigenvalue weighted by Gasteiger charge is -2.42. The Balaban J connectivity index is 1.42. The van der Waals surface area contributed by atoms with Crippen molar-refractivity contribution in [2.75, 3.05) is 32.8 Å². The summed E-state index contributed by atoms with van der Waals surface area (Å²) in [6, 6.07) is 28.9. The number of hydrogen-bond acceptors (Lipinski definition) is 4. The maximum absolute atomic E-state index is 12.0. The monoisotopic (exact) mass is 485 g/mol. The van der Waals surface area contributed by atoms with E-state index in [1.165, 1.54) is 11.1 Å². The van der Waals surface area contributed by atoms with Crippen molar-refractivity contribution >= 4 is 5.91 Å². The number of hydrogen-bond donors (Lipinski definition) is 1. The Morgan fingerprint density at radius 2 is 1.56 bits per heavy atom. The highest BCUT2D eigenvalue weighted by molar-refractivity contribution is 5.94. The number of carbonyl (C=O) groups is 1. The Hall–Kier alpha value is -2.99. The molecule has 3 aromatic carbocycles. The third kappa shape index (κ3) is 6.82. The van der Waals surface area contributed by atoms with Crippen molar-refractivity contribution in [2.24, 2.45) is 5.73 Å². The highest BCUT2D eigenvalue weighted by atomic mass is 16.5. The minimum atomic E-state index is -0.370. The van der Waals surface area contributed by atoms with Crippen molar-refractivity contribution in [1.82, 2.24) is 9.80 Å². The molecule has 5 heteroatoms. The fourth-order valence-corrected chi connectivity index (χ4v) is 5.17. The first-order chi connectivity index (χ1) is 17.6. The van der Waals surface area contributed by atoms with Crippen molar-refractivity contribution < 1.29 is 9.53 Å². The zero-order valence-corrected chi connectivity index (χ0v) is 21.4. The molecule has 36 heavy (non-hydrogen) atoms. The van der Waals surface area contributed by atoms with Crippen LogP contribution in [0, 0.1) is 0 Å². The molecule has 0 aromatic heterocycles. The van der Waals surface area contributed by atoms with Crippen LogP contribution >= 0.6 is 0 Å². The summed E-state index contributed by atoms with van der Waals surface area (Å²) < 4.78 is 6.49. The lowest BCUT2D eigenvalue weighted by Crippen LogP contribution is -2.46. The van der Waals surface area contributed by atoms with Gasteiger partial charge in [0.2, 0.25) is 5.91 Å². The SMILES string of the molecule is CCCOC1(c2ccccc2)CCN(CCN(Cc2ccccc2)Cc2ccccc2C(N)=O)CC1. The molecule has 0 atom stereocenters. The largest absolute Gasteiger partial charge is 0.370 e. The summed E-state index contributed by atoms with van der Waals surface area (Å²) in [5, 5.41) is 0. The third-order valence-corrected chi connectivity index (χ3v) is 7.20. The van der Waals surface area contributed by atoms with Gasteiger partial charge in [-0.1, -0.05) is 85.8 Å². The van der Waals surface area contributed by atoms with Crippen molar-refractivity contribution in [2.45, 2.75) is 44.9 Å². The van der Waals surface area contributed by atoms with E-state index in [2.05, 4.69) is 71.3 Å². The van der Waals surface area contributed by atoms with Crippen LogP contribution in [0.1, 0.15) is 53.2 Å². The lowest BCUT2D eigenvalue weighted by atomic mass is 9.84. The predicted molar refractivity (Wildman–Crippen MR) is 146 cm³/mol. The normalized spacial score (nSPS) is 15.7. The number of rotatable bonds is 12. The summed E-state index contributed by atoms with van der Waals surface area (Å²) in [6.45, 7) is 8.39. The first-order valence-corrected chi connectivity index (χ1v) is 13.2. The summed E-state index contributed by atoms with van der Waals surface area (Å²) in [4.78, 5) is 17.0. The quantitative estimate of drug-likeness (QED) is 0.383. The molecule has 0 bridgehead atoms. The van der Waals surface area contributed by atoms with Crippen LogP contribution < -0.4 is 5.73 Å². The highest BCUT2D eigenvalue weighted by Crippen LogP contribution is 2.37. The standard InChI is InChI=1S/C31H39N3O2/c1-2-23-36-31(28-14-7-4-8-15-28)17-19-33(20-18-31)21-22-34(24-26-11-5-3-6-12-26)25-27-13-9-10-16-29(27)30(32)35/h3-16H,2,17-25H2,1H3,(H2,32,35). The van der Waals surface area contributed by atoms with Gasteiger partial charge in [-0.15, -0.1) is 0 Å². The molecule has 3 aromatic rings. The first-order valence-electron chi connectivity index (χ1n) is 13.2. The molecule has 4 rings (SSSR count). The van der Waals surface area contributed by atoms with E-state index in [4.69, 9.17) is 10.5 Å². The molecule has 0 aliphatic carbocycles. The molecule has 0 unspecified atom stereocenters. The van der Waals surface area contributed by atoms with E-state index >= 15 is 0 Å². The first kappa shape index (κ1) is 26.1. The van der Waals surface area contributed by atoms with E-state index in [1.807, 2.05) is 30.3 Å². The van der Waals surface area contributed by atoms with Crippen LogP contribution in [0.3, 0.4) is 0 Å². The molecule has 1 aliphatic rings. The number of nitrogens with two attached hydrogens (primary N) is 1. The van der Waals surface area contributed by atoms with Gasteiger partial charge in [0, 0.05) is 51.4 Å². The number of likely N-dealkylation sites (tertiary alicyclic amines) is 1. The predicted octanol–water partition coefficient (Wildman–Crippen LogP) is 5.21. The van der Waals surface area contributed by atoms with E-state index in [0.717, 1.165) is 64.2 Å². The zero-order valence-electron chi connectivity index (χ0n) is 21.4. The second kappa shape index (κ2) is 12.8. The molecule has 1 amide bonds. The van der Waals surface area contributed by atoms with Crippen LogP contribution in [0.15, 0.2) is 84.9 Å². The summed E-state index contributed by atoms with van der Waals surface area (Å²) in [5.41, 5.74) is 9.63. The van der Waals surface area contributed by atoms with Crippen LogP contribution in [0.5, 0.6) is 0 Å². The minimum absolute atomic E-state index is 0.183. The number of benzene rings is 3. The van der Waals surface area contributed by atoms with Gasteiger partial charge in [0.25, 0.3) is 0 Å². The summed E-state index contributed by atoms with van der Waals surface area (Å²) in [7, 11) is 0. The Morgan fingerprint density at radius 3 is 2.22 bits per heavy atom. The average Bonchev–Trinajstić information content (AvgIpc) is 2.92. The summed E-state index contributed by atoms with van der Waals surface area (Å²) in [5.74, 6) is -0.370. The van der Waals surface area contributed by atoms with Gasteiger partial charge >= 0.3 is 0 Å². The fourth-order valence-electron chi connectivity index (χ4n) is 5.17. The third-order valence-electron chi connectivity index (χ3n) is 7.20. The molecule has 2 N–H and O–H groups in total. The molecule has 1 aliphatic heterocycles. The van der Waals surface area contributed by atoms with E-state index in [-0.39, 0.29) is 11.5 Å². The van der Waals surface area contributed by atoms with Gasteiger partial charge in [-0.3, -0.25) is 9.69 Å². The van der Waals surface area contributed by atoms with Crippen molar-refractivity contribution in [3.05, 3.63) is 107 Å². The van der Waals surface area contributed by atoms with E-state index in [1.54, 1.807) is 0 Å². The number of ether oxygens (including phenoxy) is 1. The second-order valence-electron chi connectivity index (χ2n) is 9.77. The van der Waals surface area contributed by atoms with Gasteiger partial charge < -0.3 is 15.4 Å². The Bertz CT molecular complexity index is 1080. The molecular formula is C31H39N3O2. The molecule has 0 saturated carbocycles. The Morgan fingerprint density at radius 1 is 0.917 bits per heavy atom. The lowest BCUT2D eigenvalue weighted by molar-refractivity contribution is -0.0903. The van der Waals surface area contributed by atoms with Crippen molar-refractivity contribution in [3.63, 3.8) is 0 Å². The van der Waals surface area contributed by atoms with Gasteiger partial charge in [0.1, 0.15) is 0 Å². The maximum atomic E-state index is 12.0. The number of amides is 1. The van der Waals surface area contributed by atoms with E-state index in [0.29, 0.717) is 12.1 Å². The molecule has 1 fully saturated rings. The van der Waals surface area contributed by atoms with E-state index < -0.39 is 0 Å². The van der Waals surface area contributed by atoms with Gasteiger partial charge in [-0.2, -0.15) is 0 Å². The molecule has 1 saturated heterocycles. The van der Waals surface area contributed by atoms with Crippen LogP contribution in [-0.2, 0) is 23.4 Å². The highest BCUT2D eigenvalue weighted by Gasteiger charge is 2.37. The fraction of sp³-hybridized carbons (Fsp3) is 0.387. The average molecular weight is 486 g/mol. The summed E-state index contributed by atoms with van der Waals surface area (Å²) in [6.07, 6.45) is 3.03. The van der Waals surface area contributed by atoms with Gasteiger partial charge in [0.05, 0.1) is 5.60 Å². The van der Waals surface area contributed by atoms with Gasteiger partial charge in [-0.05, 0) is 42.0 Å². The molecular weight excluding hydrogens is 446 g/mol. The number of nitrogens with zero attached hydrogens (tertiary/aromatic N) is 2. The zero-order chi connectivity index (χ0) is 25.2. The van der Waals surface area contributed by atoms with Crippen LogP contribution in [0.4, 0.5) is 0 Å². The minimum Gasteiger partial charge on any atom is -0.370 e. The maximum Gasteiger partial charge on any atom is 0.249 e. The smallest absolute Gasteiger partial charge is 0.249 e. The van der Waals surface area contributed by atoms with Crippen LogP contribution in [-0.4, -0.2) is 48.5 Å². The molecule has 190 valence electrons. The molecule has 0 radical (unpaired) electrons. The number of piperidine rings is 1. The topological polar surface area (TPSA) is 58.8 Å². The van der Waals surface area contributed by atoms with E-state index in [9.17, 15) is 4.79 Å². The molecule has 0 spiro atoms. The van der Waals surface area contributed by atoms with Crippen molar-refractivity contribution in [1.29, 1.82) is 0 Å². The Labute approximate surface area is 215 Å². The number of primary amides is 1. The van der Waals surface area contributed by atoms with Crippen LogP contribution in [0.25, 0.3) is 0 Å². The molecule has 5 nitrogen and oxygen atoms in total. The van der Waals surface area contributed by atoms with Gasteiger partial charge in [-0.25, -0.2) is 0 Å². The van der Waals surface area contributed by atoms with Crippen LogP contribution in [0.2, 0.25) is 0 Å². The molecule has 1 heterocycles. The summed E-state index contributed by atoms with van der Waals surface area (Å²) >= 11 is 0.